The lowest BCUT2D eigenvalue weighted by Gasteiger charge is -2.37. The molecule has 0 bridgehead atoms. The van der Waals surface area contributed by atoms with Crippen molar-refractivity contribution in [3.63, 3.8) is 0 Å². The van der Waals surface area contributed by atoms with E-state index in [1.165, 1.54) is 11.8 Å². The van der Waals surface area contributed by atoms with Crippen molar-refractivity contribution in [2.45, 2.75) is 26.3 Å². The summed E-state index contributed by atoms with van der Waals surface area (Å²) in [6.07, 6.45) is 0.236. The van der Waals surface area contributed by atoms with Crippen LogP contribution in [0.3, 0.4) is 0 Å². The first-order chi connectivity index (χ1) is 16.0. The third-order valence-electron chi connectivity index (χ3n) is 5.92. The second kappa shape index (κ2) is 10.5. The number of methoxy groups -OCH3 is 1. The van der Waals surface area contributed by atoms with E-state index in [2.05, 4.69) is 0 Å². The quantitative estimate of drug-likeness (QED) is 0.447. The van der Waals surface area contributed by atoms with E-state index in [0.717, 1.165) is 22.0 Å². The lowest BCUT2D eigenvalue weighted by molar-refractivity contribution is -0.141. The first kappa shape index (κ1) is 23.5. The molecule has 1 unspecified atom stereocenters. The molecule has 0 aromatic heterocycles. The van der Waals surface area contributed by atoms with Gasteiger partial charge in [0.05, 0.1) is 43.6 Å². The SMILES string of the molecule is COCCOC(=O)C1=C(C)N=C2SC=C(CC(=O)N3CCOCC3)N2C1c1ccccc1C. The number of allylic oxidation sites excluding steroid dienone is 1. The summed E-state index contributed by atoms with van der Waals surface area (Å²) in [7, 11) is 1.57. The van der Waals surface area contributed by atoms with Gasteiger partial charge in [0.2, 0.25) is 5.91 Å². The van der Waals surface area contributed by atoms with Gasteiger partial charge in [0, 0.05) is 25.9 Å². The van der Waals surface area contributed by atoms with Crippen molar-refractivity contribution in [3.05, 3.63) is 57.8 Å². The first-order valence-corrected chi connectivity index (χ1v) is 11.9. The highest BCUT2D eigenvalue weighted by Crippen LogP contribution is 2.45. The number of benzene rings is 1. The summed E-state index contributed by atoms with van der Waals surface area (Å²) in [6.45, 7) is 6.64. The van der Waals surface area contributed by atoms with Crippen LogP contribution >= 0.6 is 11.8 Å². The Hall–Kier alpha value is -2.62. The topological polar surface area (TPSA) is 80.7 Å². The Kier molecular flexibility index (Phi) is 7.52. The minimum Gasteiger partial charge on any atom is -0.460 e. The van der Waals surface area contributed by atoms with Gasteiger partial charge in [0.15, 0.2) is 5.17 Å². The molecule has 176 valence electrons. The number of ether oxygens (including phenoxy) is 3. The van der Waals surface area contributed by atoms with E-state index in [9.17, 15) is 9.59 Å². The zero-order chi connectivity index (χ0) is 23.4. The van der Waals surface area contributed by atoms with Crippen LogP contribution in [-0.2, 0) is 23.8 Å². The summed E-state index contributed by atoms with van der Waals surface area (Å²) < 4.78 is 15.9. The fraction of sp³-hybridized carbons (Fsp3) is 0.458. The van der Waals surface area contributed by atoms with Crippen molar-refractivity contribution in [3.8, 4) is 0 Å². The van der Waals surface area contributed by atoms with Gasteiger partial charge in [-0.2, -0.15) is 0 Å². The van der Waals surface area contributed by atoms with Crippen molar-refractivity contribution in [2.24, 2.45) is 4.99 Å². The van der Waals surface area contributed by atoms with E-state index in [4.69, 9.17) is 19.2 Å². The number of hydrogen-bond acceptors (Lipinski definition) is 8. The summed E-state index contributed by atoms with van der Waals surface area (Å²) in [5.41, 5.74) is 3.97. The predicted octanol–water partition coefficient (Wildman–Crippen LogP) is 3.01. The minimum atomic E-state index is -0.424. The molecule has 1 amide bonds. The maximum absolute atomic E-state index is 13.2. The number of carbonyl (C=O) groups excluding carboxylic acids is 2. The van der Waals surface area contributed by atoms with Crippen LogP contribution in [0.4, 0.5) is 0 Å². The van der Waals surface area contributed by atoms with Crippen LogP contribution in [0, 0.1) is 6.92 Å². The lowest BCUT2D eigenvalue weighted by Crippen LogP contribution is -2.42. The van der Waals surface area contributed by atoms with Crippen LogP contribution < -0.4 is 0 Å². The maximum Gasteiger partial charge on any atom is 0.338 e. The summed E-state index contributed by atoms with van der Waals surface area (Å²) in [6, 6.07) is 7.55. The van der Waals surface area contributed by atoms with Crippen molar-refractivity contribution in [1.82, 2.24) is 9.80 Å². The number of aryl methyl sites for hydroxylation is 1. The average Bonchev–Trinajstić information content (AvgIpc) is 3.21. The van der Waals surface area contributed by atoms with Crippen molar-refractivity contribution < 1.29 is 23.8 Å². The van der Waals surface area contributed by atoms with Crippen LogP contribution in [0.25, 0.3) is 0 Å². The van der Waals surface area contributed by atoms with Crippen molar-refractivity contribution >= 4 is 28.8 Å². The number of rotatable bonds is 7. The minimum absolute atomic E-state index is 0.0467. The molecule has 1 fully saturated rings. The Balaban J connectivity index is 1.67. The monoisotopic (exact) mass is 471 g/mol. The van der Waals surface area contributed by atoms with Crippen LogP contribution in [0.1, 0.15) is 30.5 Å². The normalized spacial score (nSPS) is 20.4. The lowest BCUT2D eigenvalue weighted by atomic mass is 9.91. The van der Waals surface area contributed by atoms with E-state index >= 15 is 0 Å². The molecule has 0 radical (unpaired) electrons. The zero-order valence-corrected chi connectivity index (χ0v) is 20.0. The summed E-state index contributed by atoms with van der Waals surface area (Å²) in [5, 5.41) is 2.73. The zero-order valence-electron chi connectivity index (χ0n) is 19.2. The summed E-state index contributed by atoms with van der Waals surface area (Å²) in [5.74, 6) is -0.373. The molecule has 0 saturated carbocycles. The van der Waals surface area contributed by atoms with Crippen molar-refractivity contribution in [1.29, 1.82) is 0 Å². The molecular formula is C24H29N3O5S. The fourth-order valence-electron chi connectivity index (χ4n) is 4.19. The molecule has 0 N–H and O–H groups in total. The number of nitrogens with zero attached hydrogens (tertiary/aromatic N) is 3. The number of aliphatic imine (C=N–C) groups is 1. The number of amidine groups is 1. The van der Waals surface area contributed by atoms with Crippen molar-refractivity contribution in [2.75, 3.05) is 46.6 Å². The average molecular weight is 472 g/mol. The standard InChI is InChI=1S/C24H29N3O5S/c1-16-6-4-5-7-19(16)22-21(23(29)32-13-12-30-3)17(2)25-24-27(22)18(15-33-24)14-20(28)26-8-10-31-11-9-26/h4-7,15,22H,8-14H2,1-3H3. The highest BCUT2D eigenvalue weighted by Gasteiger charge is 2.42. The molecule has 1 saturated heterocycles. The van der Waals surface area contributed by atoms with E-state index in [1.54, 1.807) is 7.11 Å². The number of carbonyl (C=O) groups is 2. The van der Waals surface area contributed by atoms with Gasteiger partial charge in [-0.15, -0.1) is 0 Å². The first-order valence-electron chi connectivity index (χ1n) is 11.0. The Bertz CT molecular complexity index is 1010. The Morgan fingerprint density at radius 2 is 1.94 bits per heavy atom. The highest BCUT2D eigenvalue weighted by molar-refractivity contribution is 8.16. The molecule has 4 rings (SSSR count). The second-order valence-electron chi connectivity index (χ2n) is 8.05. The Morgan fingerprint density at radius 3 is 2.67 bits per heavy atom. The molecule has 1 aromatic carbocycles. The van der Waals surface area contributed by atoms with Gasteiger partial charge in [-0.05, 0) is 30.4 Å². The predicted molar refractivity (Wildman–Crippen MR) is 126 cm³/mol. The van der Waals surface area contributed by atoms with Gasteiger partial charge < -0.3 is 24.0 Å². The van der Waals surface area contributed by atoms with Gasteiger partial charge in [0.1, 0.15) is 6.61 Å². The molecular weight excluding hydrogens is 442 g/mol. The highest BCUT2D eigenvalue weighted by atomic mass is 32.2. The fourth-order valence-corrected chi connectivity index (χ4v) is 5.16. The van der Waals surface area contributed by atoms with Gasteiger partial charge in [-0.25, -0.2) is 9.79 Å². The molecule has 0 aliphatic carbocycles. The van der Waals surface area contributed by atoms with Gasteiger partial charge in [-0.1, -0.05) is 36.0 Å². The van der Waals surface area contributed by atoms with E-state index in [1.807, 2.05) is 53.3 Å². The molecule has 3 aliphatic heterocycles. The molecule has 3 heterocycles. The number of hydrogen-bond donors (Lipinski definition) is 0. The van der Waals surface area contributed by atoms with Crippen LogP contribution in [0.5, 0.6) is 0 Å². The van der Waals surface area contributed by atoms with Gasteiger partial charge in [0.25, 0.3) is 0 Å². The number of fused-ring (bicyclic) bond motifs is 1. The van der Waals surface area contributed by atoms with Gasteiger partial charge in [-0.3, -0.25) is 4.79 Å². The third kappa shape index (κ3) is 5.00. The molecule has 0 spiro atoms. The van der Waals surface area contributed by atoms with Crippen LogP contribution in [0.15, 0.2) is 51.6 Å². The number of thioether (sulfide) groups is 1. The van der Waals surface area contributed by atoms with E-state index in [0.29, 0.717) is 44.2 Å². The van der Waals surface area contributed by atoms with Crippen LogP contribution in [0.2, 0.25) is 0 Å². The smallest absolute Gasteiger partial charge is 0.338 e. The maximum atomic E-state index is 13.2. The second-order valence-corrected chi connectivity index (χ2v) is 8.88. The largest absolute Gasteiger partial charge is 0.460 e. The van der Waals surface area contributed by atoms with Gasteiger partial charge >= 0.3 is 5.97 Å². The molecule has 8 nitrogen and oxygen atoms in total. The van der Waals surface area contributed by atoms with E-state index < -0.39 is 12.0 Å². The molecule has 1 aromatic rings. The van der Waals surface area contributed by atoms with E-state index in [-0.39, 0.29) is 18.9 Å². The summed E-state index contributed by atoms with van der Waals surface area (Å²) in [4.78, 5) is 34.8. The molecule has 9 heteroatoms. The molecule has 1 atom stereocenters. The molecule has 3 aliphatic rings. The van der Waals surface area contributed by atoms with Crippen LogP contribution in [-0.4, -0.2) is 73.5 Å². The number of esters is 1. The third-order valence-corrected chi connectivity index (χ3v) is 6.81. The Labute approximate surface area is 198 Å². The number of amides is 1. The molecule has 33 heavy (non-hydrogen) atoms. The number of morpholine rings is 1. The Morgan fingerprint density at radius 1 is 1.18 bits per heavy atom. The summed E-state index contributed by atoms with van der Waals surface area (Å²) >= 11 is 1.48.